The number of nitrogens with one attached hydrogen (secondary N) is 1. The fourth-order valence-corrected chi connectivity index (χ4v) is 1.34. The second-order valence-corrected chi connectivity index (χ2v) is 4.02. The van der Waals surface area contributed by atoms with Crippen molar-refractivity contribution in [1.82, 2.24) is 0 Å². The molecule has 112 valence electrons. The number of anilines is 2. The number of carbonyl (C=O) groups is 1. The summed E-state index contributed by atoms with van der Waals surface area (Å²) < 4.78 is 45.4. The Morgan fingerprint density at radius 1 is 1.45 bits per heavy atom. The molecule has 1 aromatic rings. The van der Waals surface area contributed by atoms with Gasteiger partial charge in [0.05, 0.1) is 12.8 Å². The molecule has 8 heteroatoms. The van der Waals surface area contributed by atoms with Gasteiger partial charge in [-0.2, -0.15) is 13.2 Å². The van der Waals surface area contributed by atoms with Crippen LogP contribution >= 0.6 is 0 Å². The smallest absolute Gasteiger partial charge is 0.411 e. The minimum absolute atomic E-state index is 0.300. The van der Waals surface area contributed by atoms with Gasteiger partial charge in [0.15, 0.2) is 0 Å². The molecule has 1 amide bonds. The quantitative estimate of drug-likeness (QED) is 0.816. The van der Waals surface area contributed by atoms with Crippen LogP contribution in [0.15, 0.2) is 18.2 Å². The van der Waals surface area contributed by atoms with Crippen molar-refractivity contribution < 1.29 is 27.4 Å². The van der Waals surface area contributed by atoms with Crippen LogP contribution in [0.2, 0.25) is 0 Å². The molecule has 1 atom stereocenters. The van der Waals surface area contributed by atoms with Gasteiger partial charge in [-0.25, -0.2) is 0 Å². The third-order valence-electron chi connectivity index (χ3n) is 2.35. The number of nitrogen functional groups attached to an aromatic ring is 1. The number of methoxy groups -OCH3 is 1. The van der Waals surface area contributed by atoms with Crippen molar-refractivity contribution in [3.63, 3.8) is 0 Å². The van der Waals surface area contributed by atoms with Gasteiger partial charge in [-0.3, -0.25) is 4.79 Å². The van der Waals surface area contributed by atoms with E-state index in [0.717, 1.165) is 0 Å². The van der Waals surface area contributed by atoms with E-state index in [4.69, 9.17) is 10.5 Å². The Labute approximate surface area is 113 Å². The van der Waals surface area contributed by atoms with E-state index in [-0.39, 0.29) is 0 Å². The Balaban J connectivity index is 2.66. The zero-order valence-electron chi connectivity index (χ0n) is 11.0. The number of amides is 1. The second kappa shape index (κ2) is 6.47. The largest absolute Gasteiger partial charge is 0.494 e. The minimum Gasteiger partial charge on any atom is -0.494 e. The van der Waals surface area contributed by atoms with Gasteiger partial charge in [-0.15, -0.1) is 0 Å². The first-order valence-corrected chi connectivity index (χ1v) is 5.65. The van der Waals surface area contributed by atoms with Crippen LogP contribution in [0.4, 0.5) is 24.5 Å². The summed E-state index contributed by atoms with van der Waals surface area (Å²) in [7, 11) is 1.38. The molecule has 0 radical (unpaired) electrons. The van der Waals surface area contributed by atoms with Crippen molar-refractivity contribution in [3.05, 3.63) is 18.2 Å². The van der Waals surface area contributed by atoms with Crippen molar-refractivity contribution in [2.45, 2.75) is 19.2 Å². The van der Waals surface area contributed by atoms with Gasteiger partial charge < -0.3 is 20.5 Å². The molecule has 0 aliphatic carbocycles. The summed E-state index contributed by atoms with van der Waals surface area (Å²) in [5.74, 6) is -0.404. The van der Waals surface area contributed by atoms with Crippen molar-refractivity contribution in [3.8, 4) is 5.75 Å². The number of nitrogens with two attached hydrogens (primary N) is 1. The molecule has 1 rings (SSSR count). The number of hydrogen-bond acceptors (Lipinski definition) is 4. The number of ether oxygens (including phenoxy) is 2. The lowest BCUT2D eigenvalue weighted by Crippen LogP contribution is -2.31. The molecular formula is C12H15F3N2O3. The summed E-state index contributed by atoms with van der Waals surface area (Å²) in [5, 5.41) is 2.41. The Kier molecular flexibility index (Phi) is 5.20. The van der Waals surface area contributed by atoms with E-state index < -0.39 is 24.8 Å². The summed E-state index contributed by atoms with van der Waals surface area (Å²) in [5.41, 5.74) is 6.28. The van der Waals surface area contributed by atoms with E-state index in [2.05, 4.69) is 10.1 Å². The first-order valence-electron chi connectivity index (χ1n) is 5.65. The highest BCUT2D eigenvalue weighted by Gasteiger charge is 2.30. The summed E-state index contributed by atoms with van der Waals surface area (Å²) in [4.78, 5) is 11.7. The summed E-state index contributed by atoms with van der Waals surface area (Å²) in [6.45, 7) is -0.259. The minimum atomic E-state index is -4.48. The molecule has 5 nitrogen and oxygen atoms in total. The maximum Gasteiger partial charge on any atom is 0.411 e. The Hall–Kier alpha value is -1.96. The van der Waals surface area contributed by atoms with E-state index in [0.29, 0.717) is 17.1 Å². The fraction of sp³-hybridized carbons (Fsp3) is 0.417. The molecule has 0 saturated heterocycles. The summed E-state index contributed by atoms with van der Waals surface area (Å²) in [6.07, 6.45) is -5.73. The lowest BCUT2D eigenvalue weighted by molar-refractivity contribution is -0.184. The average Bonchev–Trinajstić information content (AvgIpc) is 2.36. The van der Waals surface area contributed by atoms with Crippen LogP contribution in [-0.4, -0.2) is 31.9 Å². The third-order valence-corrected chi connectivity index (χ3v) is 2.35. The van der Waals surface area contributed by atoms with Gasteiger partial charge in [0, 0.05) is 11.8 Å². The Morgan fingerprint density at radius 3 is 2.65 bits per heavy atom. The standard InChI is InChI=1S/C12H15F3N2O3/c1-7(20-6-12(13,14)15)11(18)17-9-4-3-8(16)5-10(9)19-2/h3-5,7H,6,16H2,1-2H3,(H,17,18). The highest BCUT2D eigenvalue weighted by atomic mass is 19.4. The molecule has 0 aliphatic rings. The van der Waals surface area contributed by atoms with Gasteiger partial charge in [0.2, 0.25) is 0 Å². The van der Waals surface area contributed by atoms with E-state index >= 15 is 0 Å². The highest BCUT2D eigenvalue weighted by molar-refractivity contribution is 5.95. The molecule has 0 bridgehead atoms. The number of carbonyl (C=O) groups excluding carboxylic acids is 1. The molecule has 1 aromatic carbocycles. The van der Waals surface area contributed by atoms with Crippen LogP contribution in [0.1, 0.15) is 6.92 Å². The number of halogens is 3. The van der Waals surface area contributed by atoms with Crippen molar-refractivity contribution >= 4 is 17.3 Å². The van der Waals surface area contributed by atoms with Crippen LogP contribution in [0.5, 0.6) is 5.75 Å². The zero-order valence-corrected chi connectivity index (χ0v) is 11.0. The monoisotopic (exact) mass is 292 g/mol. The molecule has 0 spiro atoms. The van der Waals surface area contributed by atoms with Crippen LogP contribution in [0.25, 0.3) is 0 Å². The fourth-order valence-electron chi connectivity index (χ4n) is 1.34. The van der Waals surface area contributed by atoms with Crippen LogP contribution in [0.3, 0.4) is 0 Å². The van der Waals surface area contributed by atoms with Crippen molar-refractivity contribution in [2.75, 3.05) is 24.8 Å². The van der Waals surface area contributed by atoms with Gasteiger partial charge in [0.25, 0.3) is 5.91 Å². The number of benzene rings is 1. The molecule has 0 saturated carbocycles. The van der Waals surface area contributed by atoms with E-state index in [9.17, 15) is 18.0 Å². The molecule has 1 unspecified atom stereocenters. The maximum absolute atomic E-state index is 12.0. The SMILES string of the molecule is COc1cc(N)ccc1NC(=O)C(C)OCC(F)(F)F. The molecule has 3 N–H and O–H groups in total. The van der Waals surface area contributed by atoms with E-state index in [1.165, 1.54) is 32.2 Å². The van der Waals surface area contributed by atoms with Crippen LogP contribution in [-0.2, 0) is 9.53 Å². The Bertz CT molecular complexity index is 478. The van der Waals surface area contributed by atoms with Crippen molar-refractivity contribution in [2.24, 2.45) is 0 Å². The topological polar surface area (TPSA) is 73.6 Å². The third kappa shape index (κ3) is 4.96. The lowest BCUT2D eigenvalue weighted by atomic mass is 10.2. The molecule has 0 fully saturated rings. The predicted octanol–water partition coefficient (Wildman–Crippen LogP) is 2.18. The molecular weight excluding hydrogens is 277 g/mol. The molecule has 0 aromatic heterocycles. The van der Waals surface area contributed by atoms with E-state index in [1.807, 2.05) is 0 Å². The zero-order chi connectivity index (χ0) is 15.3. The van der Waals surface area contributed by atoms with Crippen molar-refractivity contribution in [1.29, 1.82) is 0 Å². The predicted molar refractivity (Wildman–Crippen MR) is 67.5 cm³/mol. The van der Waals surface area contributed by atoms with Gasteiger partial charge in [-0.1, -0.05) is 0 Å². The normalized spacial score (nSPS) is 12.8. The second-order valence-electron chi connectivity index (χ2n) is 4.02. The summed E-state index contributed by atoms with van der Waals surface area (Å²) in [6, 6.07) is 4.50. The Morgan fingerprint density at radius 2 is 2.10 bits per heavy atom. The number of alkyl halides is 3. The lowest BCUT2D eigenvalue weighted by Gasteiger charge is -2.16. The molecule has 20 heavy (non-hydrogen) atoms. The highest BCUT2D eigenvalue weighted by Crippen LogP contribution is 2.26. The average molecular weight is 292 g/mol. The van der Waals surface area contributed by atoms with E-state index in [1.54, 1.807) is 0 Å². The maximum atomic E-state index is 12.0. The molecule has 0 heterocycles. The first-order chi connectivity index (χ1) is 9.23. The van der Waals surface area contributed by atoms with Gasteiger partial charge >= 0.3 is 6.18 Å². The van der Waals surface area contributed by atoms with Crippen LogP contribution in [0, 0.1) is 0 Å². The molecule has 0 aliphatic heterocycles. The van der Waals surface area contributed by atoms with Gasteiger partial charge in [-0.05, 0) is 19.1 Å². The van der Waals surface area contributed by atoms with Crippen LogP contribution < -0.4 is 15.8 Å². The summed E-state index contributed by atoms with van der Waals surface area (Å²) >= 11 is 0. The number of rotatable bonds is 5. The number of hydrogen-bond donors (Lipinski definition) is 2. The first kappa shape index (κ1) is 16.1. The van der Waals surface area contributed by atoms with Gasteiger partial charge in [0.1, 0.15) is 18.5 Å².